The Morgan fingerprint density at radius 1 is 1.12 bits per heavy atom. The molecule has 0 atom stereocenters. The number of carbonyl (C=O) groups excluding carboxylic acids is 1. The van der Waals surface area contributed by atoms with Gasteiger partial charge < -0.3 is 18.9 Å². The molecule has 0 aliphatic rings. The van der Waals surface area contributed by atoms with Gasteiger partial charge in [0.25, 0.3) is 0 Å². The molecule has 7 heteroatoms. The molecule has 0 heterocycles. The molecule has 1 amide bonds. The van der Waals surface area contributed by atoms with Crippen LogP contribution in [0.15, 0.2) is 42.5 Å². The van der Waals surface area contributed by atoms with Crippen LogP contribution in [0.4, 0.5) is 10.5 Å². The molecule has 0 saturated carbocycles. The van der Waals surface area contributed by atoms with Crippen molar-refractivity contribution in [2.75, 3.05) is 25.8 Å². The number of methoxy groups -OCH3 is 1. The second-order valence-corrected chi connectivity index (χ2v) is 5.05. The standard InChI is InChI=1S/C17H18ClNO5/c1-3-22-17(20)19-15-10-14(23-11-21-2)8-9-16(15)24-13-6-4-12(18)5-7-13/h4-10H,3,11H2,1-2H3,(H,19,20). The Labute approximate surface area is 145 Å². The summed E-state index contributed by atoms with van der Waals surface area (Å²) in [6.45, 7) is 2.08. The lowest BCUT2D eigenvalue weighted by Gasteiger charge is -2.14. The number of anilines is 1. The van der Waals surface area contributed by atoms with Gasteiger partial charge in [-0.2, -0.15) is 0 Å². The zero-order valence-corrected chi connectivity index (χ0v) is 14.1. The van der Waals surface area contributed by atoms with E-state index in [9.17, 15) is 4.79 Å². The van der Waals surface area contributed by atoms with Crippen molar-refractivity contribution in [3.8, 4) is 17.2 Å². The molecule has 24 heavy (non-hydrogen) atoms. The number of carbonyl (C=O) groups is 1. The van der Waals surface area contributed by atoms with E-state index in [4.69, 9.17) is 30.5 Å². The van der Waals surface area contributed by atoms with Crippen molar-refractivity contribution in [1.82, 2.24) is 0 Å². The van der Waals surface area contributed by atoms with Gasteiger partial charge in [-0.1, -0.05) is 11.6 Å². The lowest BCUT2D eigenvalue weighted by Crippen LogP contribution is -2.14. The van der Waals surface area contributed by atoms with Crippen molar-refractivity contribution in [2.24, 2.45) is 0 Å². The third-order valence-corrected chi connectivity index (χ3v) is 3.10. The van der Waals surface area contributed by atoms with Crippen LogP contribution in [0.3, 0.4) is 0 Å². The minimum Gasteiger partial charge on any atom is -0.467 e. The summed E-state index contributed by atoms with van der Waals surface area (Å²) in [6.07, 6.45) is -0.581. The molecule has 128 valence electrons. The fourth-order valence-corrected chi connectivity index (χ4v) is 1.95. The maximum absolute atomic E-state index is 11.7. The minimum absolute atomic E-state index is 0.0935. The van der Waals surface area contributed by atoms with E-state index < -0.39 is 6.09 Å². The van der Waals surface area contributed by atoms with Crippen LogP contribution < -0.4 is 14.8 Å². The van der Waals surface area contributed by atoms with Gasteiger partial charge in [0.15, 0.2) is 12.5 Å². The quantitative estimate of drug-likeness (QED) is 0.733. The highest BCUT2D eigenvalue weighted by atomic mass is 35.5. The van der Waals surface area contributed by atoms with E-state index in [2.05, 4.69) is 5.32 Å². The molecular formula is C17H18ClNO5. The van der Waals surface area contributed by atoms with Crippen LogP contribution in [0.1, 0.15) is 6.92 Å². The zero-order chi connectivity index (χ0) is 17.4. The van der Waals surface area contributed by atoms with E-state index in [-0.39, 0.29) is 13.4 Å². The normalized spacial score (nSPS) is 10.1. The summed E-state index contributed by atoms with van der Waals surface area (Å²) in [4.78, 5) is 11.7. The van der Waals surface area contributed by atoms with Crippen molar-refractivity contribution >= 4 is 23.4 Å². The predicted octanol–water partition coefficient (Wildman–Crippen LogP) is 4.68. The molecule has 1 N–H and O–H groups in total. The molecule has 0 aliphatic carbocycles. The minimum atomic E-state index is -0.581. The van der Waals surface area contributed by atoms with E-state index in [1.807, 2.05) is 0 Å². The number of ether oxygens (including phenoxy) is 4. The average Bonchev–Trinajstić information content (AvgIpc) is 2.57. The van der Waals surface area contributed by atoms with Gasteiger partial charge in [-0.15, -0.1) is 0 Å². The smallest absolute Gasteiger partial charge is 0.411 e. The molecule has 0 saturated heterocycles. The number of hydrogen-bond donors (Lipinski definition) is 1. The molecule has 0 fully saturated rings. The van der Waals surface area contributed by atoms with Crippen molar-refractivity contribution in [3.63, 3.8) is 0 Å². The molecule has 0 aromatic heterocycles. The highest BCUT2D eigenvalue weighted by Gasteiger charge is 2.11. The third kappa shape index (κ3) is 5.33. The fourth-order valence-electron chi connectivity index (χ4n) is 1.82. The molecule has 0 radical (unpaired) electrons. The van der Waals surface area contributed by atoms with Crippen LogP contribution >= 0.6 is 11.6 Å². The van der Waals surface area contributed by atoms with Gasteiger partial charge in [-0.05, 0) is 43.3 Å². The predicted molar refractivity (Wildman–Crippen MR) is 91.1 cm³/mol. The van der Waals surface area contributed by atoms with Gasteiger partial charge in [-0.25, -0.2) is 4.79 Å². The van der Waals surface area contributed by atoms with Crippen LogP contribution in [0, 0.1) is 0 Å². The van der Waals surface area contributed by atoms with Gasteiger partial charge in [0.2, 0.25) is 0 Å². The summed E-state index contributed by atoms with van der Waals surface area (Å²) in [7, 11) is 1.52. The van der Waals surface area contributed by atoms with E-state index in [0.717, 1.165) is 0 Å². The maximum Gasteiger partial charge on any atom is 0.411 e. The van der Waals surface area contributed by atoms with E-state index in [1.54, 1.807) is 49.4 Å². The van der Waals surface area contributed by atoms with E-state index >= 15 is 0 Å². The average molecular weight is 352 g/mol. The summed E-state index contributed by atoms with van der Waals surface area (Å²) in [5, 5.41) is 3.23. The summed E-state index contributed by atoms with van der Waals surface area (Å²) in [5.74, 6) is 1.54. The largest absolute Gasteiger partial charge is 0.467 e. The number of halogens is 1. The first-order valence-corrected chi connectivity index (χ1v) is 7.63. The number of rotatable bonds is 7. The molecule has 6 nitrogen and oxygen atoms in total. The Kier molecular flexibility index (Phi) is 6.72. The summed E-state index contributed by atoms with van der Waals surface area (Å²) in [6, 6.07) is 11.9. The number of nitrogens with one attached hydrogen (secondary N) is 1. The Hall–Kier alpha value is -2.44. The molecule has 2 rings (SSSR count). The Morgan fingerprint density at radius 2 is 1.83 bits per heavy atom. The second-order valence-electron chi connectivity index (χ2n) is 4.61. The van der Waals surface area contributed by atoms with Gasteiger partial charge in [0, 0.05) is 18.2 Å². The summed E-state index contributed by atoms with van der Waals surface area (Å²) < 4.78 is 20.9. The number of hydrogen-bond acceptors (Lipinski definition) is 5. The second kappa shape index (κ2) is 9.00. The van der Waals surface area contributed by atoms with Gasteiger partial charge in [0.1, 0.15) is 11.5 Å². The molecular weight excluding hydrogens is 334 g/mol. The van der Waals surface area contributed by atoms with Gasteiger partial charge >= 0.3 is 6.09 Å². The first-order valence-electron chi connectivity index (χ1n) is 7.25. The van der Waals surface area contributed by atoms with Crippen molar-refractivity contribution in [1.29, 1.82) is 0 Å². The molecule has 0 aliphatic heterocycles. The van der Waals surface area contributed by atoms with Crippen LogP contribution in [0.5, 0.6) is 17.2 Å². The lowest BCUT2D eigenvalue weighted by molar-refractivity contribution is 0.0511. The van der Waals surface area contributed by atoms with Gasteiger partial charge in [0.05, 0.1) is 12.3 Å². The van der Waals surface area contributed by atoms with Crippen molar-refractivity contribution < 1.29 is 23.7 Å². The highest BCUT2D eigenvalue weighted by molar-refractivity contribution is 6.30. The lowest BCUT2D eigenvalue weighted by atomic mass is 10.2. The SMILES string of the molecule is CCOC(=O)Nc1cc(OCOC)ccc1Oc1ccc(Cl)cc1. The molecule has 0 unspecified atom stereocenters. The summed E-state index contributed by atoms with van der Waals surface area (Å²) >= 11 is 5.86. The molecule has 0 bridgehead atoms. The zero-order valence-electron chi connectivity index (χ0n) is 13.4. The fraction of sp³-hybridized carbons (Fsp3) is 0.235. The van der Waals surface area contributed by atoms with Crippen LogP contribution in [-0.2, 0) is 9.47 Å². The Bertz CT molecular complexity index is 675. The monoisotopic (exact) mass is 351 g/mol. The highest BCUT2D eigenvalue weighted by Crippen LogP contribution is 2.33. The van der Waals surface area contributed by atoms with E-state index in [1.165, 1.54) is 7.11 Å². The molecule has 2 aromatic carbocycles. The first kappa shape index (κ1) is 17.9. The molecule has 0 spiro atoms. The maximum atomic E-state index is 11.7. The van der Waals surface area contributed by atoms with E-state index in [0.29, 0.717) is 28.0 Å². The van der Waals surface area contributed by atoms with Crippen LogP contribution in [-0.4, -0.2) is 26.6 Å². The first-order chi connectivity index (χ1) is 11.6. The van der Waals surface area contributed by atoms with Crippen molar-refractivity contribution in [3.05, 3.63) is 47.5 Å². The Morgan fingerprint density at radius 3 is 2.50 bits per heavy atom. The van der Waals surface area contributed by atoms with Crippen molar-refractivity contribution in [2.45, 2.75) is 6.92 Å². The summed E-state index contributed by atoms with van der Waals surface area (Å²) in [5.41, 5.74) is 0.414. The topological polar surface area (TPSA) is 66.0 Å². The third-order valence-electron chi connectivity index (χ3n) is 2.85. The van der Waals surface area contributed by atoms with Crippen LogP contribution in [0.2, 0.25) is 5.02 Å². The Balaban J connectivity index is 2.23. The van der Waals surface area contributed by atoms with Gasteiger partial charge in [-0.3, -0.25) is 5.32 Å². The van der Waals surface area contributed by atoms with Crippen LogP contribution in [0.25, 0.3) is 0 Å². The number of benzene rings is 2. The number of amides is 1. The molecule has 2 aromatic rings.